The molecule has 1 atom stereocenters. The molecule has 0 aromatic rings. The summed E-state index contributed by atoms with van der Waals surface area (Å²) >= 11 is 4.86. The molecule has 12 heavy (non-hydrogen) atoms. The van der Waals surface area contributed by atoms with Crippen LogP contribution in [0.15, 0.2) is 0 Å². The first-order valence-corrected chi connectivity index (χ1v) is 3.74. The Labute approximate surface area is 74.9 Å². The van der Waals surface area contributed by atoms with Gasteiger partial charge in [-0.1, -0.05) is 17.5 Å². The van der Waals surface area contributed by atoms with E-state index in [0.717, 1.165) is 0 Å². The number of aliphatic hydroxyl groups excluding tert-OH is 1. The van der Waals surface area contributed by atoms with E-state index in [2.05, 4.69) is 11.2 Å². The Kier molecular flexibility index (Phi) is 6.44. The molecule has 0 radical (unpaired) electrons. The zero-order valence-electron chi connectivity index (χ0n) is 6.31. The van der Waals surface area contributed by atoms with Crippen molar-refractivity contribution in [3.05, 3.63) is 0 Å². The molecule has 1 amide bonds. The Morgan fingerprint density at radius 3 is 2.92 bits per heavy atom. The minimum absolute atomic E-state index is 0.0294. The van der Waals surface area contributed by atoms with Gasteiger partial charge >= 0.3 is 0 Å². The van der Waals surface area contributed by atoms with Gasteiger partial charge in [0.15, 0.2) is 0 Å². The second-order valence-electron chi connectivity index (χ2n) is 1.87. The molecule has 0 heterocycles. The normalized spacial score (nSPS) is 11.2. The van der Waals surface area contributed by atoms with E-state index in [1.54, 1.807) is 0 Å². The Balaban J connectivity index is 3.45. The number of nitrogens with one attached hydrogen (secondary N) is 1. The molecular formula is C7H9ClFNO2. The van der Waals surface area contributed by atoms with E-state index in [-0.39, 0.29) is 25.5 Å². The van der Waals surface area contributed by atoms with Crippen LogP contribution in [0.5, 0.6) is 0 Å². The van der Waals surface area contributed by atoms with E-state index in [0.29, 0.717) is 0 Å². The van der Waals surface area contributed by atoms with Gasteiger partial charge in [-0.15, -0.1) is 0 Å². The smallest absolute Gasteiger partial charge is 0.234 e. The Hall–Kier alpha value is -0.790. The number of alkyl halides is 2. The summed E-state index contributed by atoms with van der Waals surface area (Å²) in [4.78, 5) is 10.6. The lowest BCUT2D eigenvalue weighted by Crippen LogP contribution is -2.24. The summed E-state index contributed by atoms with van der Waals surface area (Å²) in [5, 5.41) is 10.6. The van der Waals surface area contributed by atoms with Crippen molar-refractivity contribution in [1.29, 1.82) is 0 Å². The van der Waals surface area contributed by atoms with Gasteiger partial charge in [-0.05, 0) is 5.92 Å². The zero-order valence-corrected chi connectivity index (χ0v) is 7.07. The molecule has 1 unspecified atom stereocenters. The number of carbonyl (C=O) groups is 1. The summed E-state index contributed by atoms with van der Waals surface area (Å²) < 4.78 is 11.8. The largest absolute Gasteiger partial charge is 0.396 e. The Morgan fingerprint density at radius 2 is 2.42 bits per heavy atom. The number of rotatable bonds is 3. The minimum Gasteiger partial charge on any atom is -0.396 e. The molecule has 0 fully saturated rings. The van der Waals surface area contributed by atoms with Gasteiger partial charge in [-0.25, -0.2) is 4.39 Å². The van der Waals surface area contributed by atoms with Crippen molar-refractivity contribution in [2.24, 2.45) is 0 Å². The topological polar surface area (TPSA) is 49.3 Å². The molecule has 0 rings (SSSR count). The number of hydrogen-bond acceptors (Lipinski definition) is 2. The molecule has 0 aromatic carbocycles. The summed E-state index contributed by atoms with van der Waals surface area (Å²) in [6.07, 6.45) is 0.0294. The second-order valence-corrected chi connectivity index (χ2v) is 2.26. The fourth-order valence-corrected chi connectivity index (χ4v) is 0.538. The maximum atomic E-state index is 11.8. The van der Waals surface area contributed by atoms with E-state index >= 15 is 0 Å². The van der Waals surface area contributed by atoms with Gasteiger partial charge in [-0.2, -0.15) is 0 Å². The highest BCUT2D eigenvalue weighted by Crippen LogP contribution is 1.91. The maximum absolute atomic E-state index is 11.8. The van der Waals surface area contributed by atoms with Crippen molar-refractivity contribution in [1.82, 2.24) is 5.32 Å². The van der Waals surface area contributed by atoms with Crippen molar-refractivity contribution in [3.8, 4) is 11.8 Å². The van der Waals surface area contributed by atoms with Crippen molar-refractivity contribution in [2.45, 2.75) is 12.1 Å². The van der Waals surface area contributed by atoms with Gasteiger partial charge in [-0.3, -0.25) is 4.79 Å². The number of hydrogen-bond donors (Lipinski definition) is 2. The SMILES string of the molecule is O=C(CCO)NCC#CC(F)Cl. The maximum Gasteiger partial charge on any atom is 0.234 e. The molecule has 68 valence electrons. The average molecular weight is 194 g/mol. The van der Waals surface area contributed by atoms with Crippen molar-refractivity contribution >= 4 is 17.5 Å². The van der Waals surface area contributed by atoms with Crippen LogP contribution in [0.1, 0.15) is 6.42 Å². The number of aliphatic hydroxyl groups is 1. The number of halogens is 2. The average Bonchev–Trinajstić information content (AvgIpc) is 1.98. The molecule has 0 aliphatic carbocycles. The van der Waals surface area contributed by atoms with Crippen LogP contribution in [0.3, 0.4) is 0 Å². The third-order valence-electron chi connectivity index (χ3n) is 0.924. The minimum atomic E-state index is -1.69. The first kappa shape index (κ1) is 11.2. The van der Waals surface area contributed by atoms with E-state index in [1.807, 2.05) is 5.92 Å². The summed E-state index contributed by atoms with van der Waals surface area (Å²) in [5.41, 5.74) is -1.69. The summed E-state index contributed by atoms with van der Waals surface area (Å²) in [6.45, 7) is -0.160. The summed E-state index contributed by atoms with van der Waals surface area (Å²) in [5.74, 6) is 4.00. The van der Waals surface area contributed by atoms with Crippen molar-refractivity contribution < 1.29 is 14.3 Å². The van der Waals surface area contributed by atoms with Gasteiger partial charge < -0.3 is 10.4 Å². The van der Waals surface area contributed by atoms with Crippen LogP contribution in [0.2, 0.25) is 0 Å². The predicted molar refractivity (Wildman–Crippen MR) is 43.2 cm³/mol. The summed E-state index contributed by atoms with van der Waals surface area (Å²) in [6, 6.07) is 0. The molecule has 0 saturated heterocycles. The lowest BCUT2D eigenvalue weighted by Gasteiger charge is -1.96. The second kappa shape index (κ2) is 6.89. The van der Waals surface area contributed by atoms with Crippen LogP contribution in [0, 0.1) is 11.8 Å². The van der Waals surface area contributed by atoms with Crippen LogP contribution >= 0.6 is 11.6 Å². The van der Waals surface area contributed by atoms with E-state index in [1.165, 1.54) is 0 Å². The van der Waals surface area contributed by atoms with Crippen LogP contribution in [0.4, 0.5) is 4.39 Å². The molecule has 0 aliphatic heterocycles. The lowest BCUT2D eigenvalue weighted by molar-refractivity contribution is -0.121. The van der Waals surface area contributed by atoms with Crippen molar-refractivity contribution in [2.75, 3.05) is 13.2 Å². The molecular weight excluding hydrogens is 185 g/mol. The van der Waals surface area contributed by atoms with Gasteiger partial charge in [0, 0.05) is 6.42 Å². The number of amides is 1. The van der Waals surface area contributed by atoms with Gasteiger partial charge in [0.25, 0.3) is 0 Å². The van der Waals surface area contributed by atoms with Gasteiger partial charge in [0.2, 0.25) is 11.5 Å². The standard InChI is InChI=1S/C7H9ClFNO2/c8-6(9)2-1-4-10-7(12)3-5-11/h6,11H,3-5H2,(H,10,12). The lowest BCUT2D eigenvalue weighted by atomic mass is 10.4. The third-order valence-corrected chi connectivity index (χ3v) is 1.03. The van der Waals surface area contributed by atoms with E-state index in [9.17, 15) is 9.18 Å². The molecule has 3 nitrogen and oxygen atoms in total. The zero-order chi connectivity index (χ0) is 9.40. The van der Waals surface area contributed by atoms with Crippen molar-refractivity contribution in [3.63, 3.8) is 0 Å². The fourth-order valence-electron chi connectivity index (χ4n) is 0.461. The molecule has 5 heteroatoms. The highest BCUT2D eigenvalue weighted by Gasteiger charge is 1.95. The van der Waals surface area contributed by atoms with Crippen LogP contribution in [-0.2, 0) is 4.79 Å². The van der Waals surface area contributed by atoms with Gasteiger partial charge in [0.1, 0.15) is 0 Å². The highest BCUT2D eigenvalue weighted by atomic mass is 35.5. The molecule has 0 aliphatic rings. The summed E-state index contributed by atoms with van der Waals surface area (Å²) in [7, 11) is 0. The van der Waals surface area contributed by atoms with E-state index in [4.69, 9.17) is 16.7 Å². The predicted octanol–water partition coefficient (Wildman–Crippen LogP) is 0.0228. The highest BCUT2D eigenvalue weighted by molar-refractivity contribution is 6.21. The molecule has 0 aromatic heterocycles. The monoisotopic (exact) mass is 193 g/mol. The van der Waals surface area contributed by atoms with Crippen LogP contribution in [-0.4, -0.2) is 29.8 Å². The van der Waals surface area contributed by atoms with Crippen LogP contribution < -0.4 is 5.32 Å². The first-order chi connectivity index (χ1) is 5.66. The number of carbonyl (C=O) groups excluding carboxylic acids is 1. The molecule has 0 spiro atoms. The fraction of sp³-hybridized carbons (Fsp3) is 0.571. The van der Waals surface area contributed by atoms with E-state index < -0.39 is 5.63 Å². The molecule has 2 N–H and O–H groups in total. The quantitative estimate of drug-likeness (QED) is 0.491. The van der Waals surface area contributed by atoms with Gasteiger partial charge in [0.05, 0.1) is 13.2 Å². The Bertz CT molecular complexity index is 197. The first-order valence-electron chi connectivity index (χ1n) is 3.31. The Morgan fingerprint density at radius 1 is 1.75 bits per heavy atom. The molecule has 0 bridgehead atoms. The molecule has 0 saturated carbocycles. The third kappa shape index (κ3) is 7.32. The van der Waals surface area contributed by atoms with Crippen LogP contribution in [0.25, 0.3) is 0 Å².